The van der Waals surface area contributed by atoms with Crippen LogP contribution in [0.3, 0.4) is 0 Å². The summed E-state index contributed by atoms with van der Waals surface area (Å²) in [5.41, 5.74) is 1.13. The predicted octanol–water partition coefficient (Wildman–Crippen LogP) is 4.28. The van der Waals surface area contributed by atoms with Crippen molar-refractivity contribution in [3.05, 3.63) is 77.9 Å². The van der Waals surface area contributed by atoms with E-state index in [0.717, 1.165) is 5.69 Å². The second-order valence-corrected chi connectivity index (χ2v) is 6.98. The Morgan fingerprint density at radius 1 is 0.875 bits per heavy atom. The summed E-state index contributed by atoms with van der Waals surface area (Å²) in [6.07, 6.45) is 1.58. The standard InChI is InChI=1S/C17H14ClN3O2S/c18-14-9-4-5-11-16(14)24(22,23)21-15-10-6-12-19-17(15)20-13-7-2-1-3-8-13/h1-12,21H,(H,19,20). The molecule has 3 rings (SSSR count). The molecule has 0 radical (unpaired) electrons. The Hall–Kier alpha value is -2.57. The number of nitrogens with one attached hydrogen (secondary N) is 2. The normalized spacial score (nSPS) is 11.0. The fourth-order valence-electron chi connectivity index (χ4n) is 2.11. The van der Waals surface area contributed by atoms with Crippen molar-refractivity contribution in [2.45, 2.75) is 4.90 Å². The smallest absolute Gasteiger partial charge is 0.263 e. The first-order valence-corrected chi connectivity index (χ1v) is 8.97. The molecule has 0 unspecified atom stereocenters. The van der Waals surface area contributed by atoms with Crippen LogP contribution < -0.4 is 10.0 Å². The lowest BCUT2D eigenvalue weighted by Crippen LogP contribution is -2.15. The summed E-state index contributed by atoms with van der Waals surface area (Å²) in [5, 5.41) is 3.25. The zero-order chi connectivity index (χ0) is 17.0. The van der Waals surface area contributed by atoms with Crippen LogP contribution in [0.1, 0.15) is 0 Å². The molecule has 0 bridgehead atoms. The Labute approximate surface area is 145 Å². The van der Waals surface area contributed by atoms with Crippen LogP contribution >= 0.6 is 11.6 Å². The summed E-state index contributed by atoms with van der Waals surface area (Å²) >= 11 is 5.99. The number of sulfonamides is 1. The molecule has 0 saturated heterocycles. The first-order valence-electron chi connectivity index (χ1n) is 7.11. The maximum absolute atomic E-state index is 12.6. The van der Waals surface area contributed by atoms with Crippen LogP contribution in [0.25, 0.3) is 0 Å². The number of pyridine rings is 1. The van der Waals surface area contributed by atoms with Crippen LogP contribution in [-0.2, 0) is 10.0 Å². The van der Waals surface area contributed by atoms with Crippen molar-refractivity contribution in [2.24, 2.45) is 0 Å². The third kappa shape index (κ3) is 3.67. The van der Waals surface area contributed by atoms with E-state index in [0.29, 0.717) is 11.5 Å². The molecule has 0 aliphatic rings. The van der Waals surface area contributed by atoms with Gasteiger partial charge in [0, 0.05) is 11.9 Å². The SMILES string of the molecule is O=S(=O)(Nc1cccnc1Nc1ccccc1)c1ccccc1Cl. The molecule has 3 aromatic rings. The number of halogens is 1. The van der Waals surface area contributed by atoms with Gasteiger partial charge in [0.1, 0.15) is 4.90 Å². The van der Waals surface area contributed by atoms with Crippen molar-refractivity contribution in [3.8, 4) is 0 Å². The number of aromatic nitrogens is 1. The topological polar surface area (TPSA) is 71.1 Å². The van der Waals surface area contributed by atoms with Gasteiger partial charge in [-0.3, -0.25) is 4.72 Å². The lowest BCUT2D eigenvalue weighted by molar-refractivity contribution is 0.601. The van der Waals surface area contributed by atoms with Gasteiger partial charge in [0.05, 0.1) is 10.7 Å². The molecule has 2 N–H and O–H groups in total. The van der Waals surface area contributed by atoms with Gasteiger partial charge in [-0.15, -0.1) is 0 Å². The van der Waals surface area contributed by atoms with E-state index >= 15 is 0 Å². The van der Waals surface area contributed by atoms with Crippen LogP contribution in [0, 0.1) is 0 Å². The molecular weight excluding hydrogens is 346 g/mol. The Morgan fingerprint density at radius 2 is 1.58 bits per heavy atom. The van der Waals surface area contributed by atoms with Crippen molar-refractivity contribution in [3.63, 3.8) is 0 Å². The monoisotopic (exact) mass is 359 g/mol. The minimum Gasteiger partial charge on any atom is -0.338 e. The molecule has 0 fully saturated rings. The first-order chi connectivity index (χ1) is 11.6. The highest BCUT2D eigenvalue weighted by Gasteiger charge is 2.19. The number of anilines is 3. The Kier molecular flexibility index (Phi) is 4.69. The van der Waals surface area contributed by atoms with E-state index in [4.69, 9.17) is 11.6 Å². The van der Waals surface area contributed by atoms with E-state index in [1.807, 2.05) is 30.3 Å². The molecule has 2 aromatic carbocycles. The van der Waals surface area contributed by atoms with Gasteiger partial charge in [-0.2, -0.15) is 0 Å². The molecule has 1 aromatic heterocycles. The van der Waals surface area contributed by atoms with Gasteiger partial charge < -0.3 is 5.32 Å². The lowest BCUT2D eigenvalue weighted by atomic mass is 10.3. The number of hydrogen-bond donors (Lipinski definition) is 2. The minimum absolute atomic E-state index is 0.0150. The van der Waals surface area contributed by atoms with Gasteiger partial charge in [-0.1, -0.05) is 41.9 Å². The summed E-state index contributed by atoms with van der Waals surface area (Å²) in [7, 11) is -3.82. The molecule has 0 atom stereocenters. The zero-order valence-electron chi connectivity index (χ0n) is 12.5. The number of benzene rings is 2. The van der Waals surface area contributed by atoms with Crippen LogP contribution in [0.15, 0.2) is 77.8 Å². The zero-order valence-corrected chi connectivity index (χ0v) is 14.1. The fourth-order valence-corrected chi connectivity index (χ4v) is 3.69. The van der Waals surface area contributed by atoms with Gasteiger partial charge in [0.25, 0.3) is 10.0 Å². The molecule has 122 valence electrons. The fraction of sp³-hybridized carbons (Fsp3) is 0. The van der Waals surface area contributed by atoms with Crippen molar-refractivity contribution < 1.29 is 8.42 Å². The van der Waals surface area contributed by atoms with E-state index in [2.05, 4.69) is 15.0 Å². The van der Waals surface area contributed by atoms with E-state index in [-0.39, 0.29) is 9.92 Å². The maximum atomic E-state index is 12.6. The quantitative estimate of drug-likeness (QED) is 0.713. The third-order valence-electron chi connectivity index (χ3n) is 3.21. The van der Waals surface area contributed by atoms with E-state index in [1.54, 1.807) is 30.5 Å². The van der Waals surface area contributed by atoms with Crippen LogP contribution in [0.4, 0.5) is 17.2 Å². The van der Waals surface area contributed by atoms with Crippen molar-refractivity contribution in [2.75, 3.05) is 10.0 Å². The van der Waals surface area contributed by atoms with E-state index in [9.17, 15) is 8.42 Å². The van der Waals surface area contributed by atoms with Crippen LogP contribution in [0.5, 0.6) is 0 Å². The average Bonchev–Trinajstić information content (AvgIpc) is 2.57. The van der Waals surface area contributed by atoms with Crippen molar-refractivity contribution in [1.82, 2.24) is 4.98 Å². The minimum atomic E-state index is -3.82. The summed E-state index contributed by atoms with van der Waals surface area (Å²) in [6.45, 7) is 0. The highest BCUT2D eigenvalue weighted by molar-refractivity contribution is 7.92. The van der Waals surface area contributed by atoms with Crippen molar-refractivity contribution in [1.29, 1.82) is 0 Å². The molecular formula is C17H14ClN3O2S. The predicted molar refractivity (Wildman–Crippen MR) is 96.2 cm³/mol. The second-order valence-electron chi connectivity index (χ2n) is 4.93. The molecule has 1 heterocycles. The highest BCUT2D eigenvalue weighted by atomic mass is 35.5. The molecule has 24 heavy (non-hydrogen) atoms. The number of rotatable bonds is 5. The van der Waals surface area contributed by atoms with Crippen LogP contribution in [0.2, 0.25) is 5.02 Å². The first kappa shape index (κ1) is 16.3. The Bertz CT molecular complexity index is 947. The van der Waals surface area contributed by atoms with Crippen molar-refractivity contribution >= 4 is 38.8 Å². The highest BCUT2D eigenvalue weighted by Crippen LogP contribution is 2.27. The Morgan fingerprint density at radius 3 is 2.33 bits per heavy atom. The molecule has 0 spiro atoms. The van der Waals surface area contributed by atoms with Crippen LogP contribution in [-0.4, -0.2) is 13.4 Å². The van der Waals surface area contributed by atoms with Gasteiger partial charge in [0.15, 0.2) is 5.82 Å². The molecule has 5 nitrogen and oxygen atoms in total. The molecule has 0 amide bonds. The molecule has 0 aliphatic carbocycles. The average molecular weight is 360 g/mol. The Balaban J connectivity index is 1.92. The van der Waals surface area contributed by atoms with Gasteiger partial charge >= 0.3 is 0 Å². The number of hydrogen-bond acceptors (Lipinski definition) is 4. The van der Waals surface area contributed by atoms with E-state index < -0.39 is 10.0 Å². The largest absolute Gasteiger partial charge is 0.338 e. The third-order valence-corrected chi connectivity index (χ3v) is 5.08. The summed E-state index contributed by atoms with van der Waals surface area (Å²) < 4.78 is 27.7. The lowest BCUT2D eigenvalue weighted by Gasteiger charge is -2.13. The van der Waals surface area contributed by atoms with Gasteiger partial charge in [-0.05, 0) is 36.4 Å². The maximum Gasteiger partial charge on any atom is 0.263 e. The van der Waals surface area contributed by atoms with Gasteiger partial charge in [0.2, 0.25) is 0 Å². The second kappa shape index (κ2) is 6.90. The number of nitrogens with zero attached hydrogens (tertiary/aromatic N) is 1. The molecule has 0 aliphatic heterocycles. The number of para-hydroxylation sites is 1. The summed E-state index contributed by atoms with van der Waals surface area (Å²) in [6, 6.07) is 18.9. The molecule has 7 heteroatoms. The van der Waals surface area contributed by atoms with Gasteiger partial charge in [-0.25, -0.2) is 13.4 Å². The summed E-state index contributed by atoms with van der Waals surface area (Å²) in [4.78, 5) is 4.22. The summed E-state index contributed by atoms with van der Waals surface area (Å²) in [5.74, 6) is 0.402. The molecule has 0 saturated carbocycles. The van der Waals surface area contributed by atoms with E-state index in [1.165, 1.54) is 12.1 Å².